The minimum atomic E-state index is -0.602. The minimum absolute atomic E-state index is 0.00478. The highest BCUT2D eigenvalue weighted by molar-refractivity contribution is 5.39. The number of benzene rings is 1. The number of piperidine rings is 1. The summed E-state index contributed by atoms with van der Waals surface area (Å²) in [6.07, 6.45) is 1.80. The number of aromatic amines is 1. The number of anilines is 1. The molecule has 1 fully saturated rings. The van der Waals surface area contributed by atoms with Crippen LogP contribution in [0.5, 0.6) is 0 Å². The highest BCUT2D eigenvalue weighted by Crippen LogP contribution is 2.15. The van der Waals surface area contributed by atoms with Crippen LogP contribution in [0.3, 0.4) is 0 Å². The molecule has 1 aromatic heterocycles. The summed E-state index contributed by atoms with van der Waals surface area (Å²) in [5.41, 5.74) is 5.32. The Bertz CT molecular complexity index is 912. The number of nitrogens with zero attached hydrogens (tertiary/aromatic N) is 3. The fraction of sp³-hybridized carbons (Fsp3) is 0.353. The number of H-pyrrole nitrogens is 1. The van der Waals surface area contributed by atoms with Crippen molar-refractivity contribution in [2.75, 3.05) is 18.0 Å². The van der Waals surface area contributed by atoms with Gasteiger partial charge in [0.05, 0.1) is 18.2 Å². The number of nitrogens with one attached hydrogen (secondary N) is 1. The van der Waals surface area contributed by atoms with Crippen molar-refractivity contribution in [1.29, 1.82) is 5.26 Å². The van der Waals surface area contributed by atoms with E-state index in [-0.39, 0.29) is 23.7 Å². The summed E-state index contributed by atoms with van der Waals surface area (Å²) >= 11 is 0. The van der Waals surface area contributed by atoms with E-state index in [2.05, 4.69) is 4.98 Å². The van der Waals surface area contributed by atoms with Crippen LogP contribution in [-0.4, -0.2) is 28.7 Å². The van der Waals surface area contributed by atoms with E-state index in [1.54, 1.807) is 0 Å². The average molecular weight is 343 g/mol. The molecule has 25 heavy (non-hydrogen) atoms. The first kappa shape index (κ1) is 16.9. The van der Waals surface area contributed by atoms with Crippen molar-refractivity contribution in [2.45, 2.75) is 25.4 Å². The van der Waals surface area contributed by atoms with Crippen LogP contribution < -0.4 is 21.9 Å². The van der Waals surface area contributed by atoms with Crippen LogP contribution >= 0.6 is 0 Å². The van der Waals surface area contributed by atoms with Crippen molar-refractivity contribution >= 4 is 5.82 Å². The van der Waals surface area contributed by atoms with Gasteiger partial charge in [0.15, 0.2) is 0 Å². The molecule has 0 amide bonds. The van der Waals surface area contributed by atoms with Gasteiger partial charge in [0.2, 0.25) is 0 Å². The lowest BCUT2D eigenvalue weighted by molar-refractivity contribution is 0.501. The Morgan fingerprint density at radius 1 is 1.36 bits per heavy atom. The molecule has 2 aromatic rings. The molecule has 1 atom stereocenters. The quantitative estimate of drug-likeness (QED) is 0.845. The molecule has 1 aromatic carbocycles. The summed E-state index contributed by atoms with van der Waals surface area (Å²) in [7, 11) is 0. The van der Waals surface area contributed by atoms with Gasteiger partial charge in [-0.15, -0.1) is 0 Å². The second-order valence-corrected chi connectivity index (χ2v) is 6.15. The third-order valence-electron chi connectivity index (χ3n) is 4.32. The maximum absolute atomic E-state index is 13.4. The zero-order valence-corrected chi connectivity index (χ0v) is 13.5. The fourth-order valence-corrected chi connectivity index (χ4v) is 3.03. The number of halogens is 1. The number of hydrogen-bond donors (Lipinski definition) is 2. The Kier molecular flexibility index (Phi) is 4.67. The second kappa shape index (κ2) is 6.91. The molecule has 130 valence electrons. The van der Waals surface area contributed by atoms with Crippen LogP contribution in [0.25, 0.3) is 0 Å². The van der Waals surface area contributed by atoms with E-state index in [1.807, 2.05) is 11.0 Å². The number of nitrogens with two attached hydrogens (primary N) is 1. The molecule has 1 saturated heterocycles. The minimum Gasteiger partial charge on any atom is -0.356 e. The Labute approximate surface area is 143 Å². The number of aromatic nitrogens is 2. The molecule has 0 aliphatic carbocycles. The van der Waals surface area contributed by atoms with Crippen LogP contribution in [0, 0.1) is 17.1 Å². The van der Waals surface area contributed by atoms with Crippen molar-refractivity contribution in [3.63, 3.8) is 0 Å². The molecule has 0 unspecified atom stereocenters. The zero-order valence-electron chi connectivity index (χ0n) is 13.5. The van der Waals surface area contributed by atoms with Gasteiger partial charge in [0, 0.05) is 25.2 Å². The van der Waals surface area contributed by atoms with Gasteiger partial charge in [0.25, 0.3) is 5.56 Å². The average Bonchev–Trinajstić information content (AvgIpc) is 2.58. The van der Waals surface area contributed by atoms with E-state index in [0.29, 0.717) is 12.4 Å². The molecule has 1 aliphatic rings. The predicted molar refractivity (Wildman–Crippen MR) is 91.0 cm³/mol. The maximum Gasteiger partial charge on any atom is 0.330 e. The first-order chi connectivity index (χ1) is 12.0. The lowest BCUT2D eigenvalue weighted by Gasteiger charge is -2.31. The smallest absolute Gasteiger partial charge is 0.330 e. The van der Waals surface area contributed by atoms with E-state index in [4.69, 9.17) is 11.0 Å². The van der Waals surface area contributed by atoms with E-state index >= 15 is 0 Å². The summed E-state index contributed by atoms with van der Waals surface area (Å²) in [5, 5.41) is 9.10. The Hall–Kier alpha value is -2.92. The Morgan fingerprint density at radius 3 is 2.84 bits per heavy atom. The zero-order chi connectivity index (χ0) is 18.0. The SMILES string of the molecule is N#Cc1ccc(F)cc1Cn1c(=O)cc(N2CCC[C@H](N)C2)[nH]c1=O. The van der Waals surface area contributed by atoms with E-state index in [1.165, 1.54) is 12.1 Å². The summed E-state index contributed by atoms with van der Waals surface area (Å²) < 4.78 is 14.4. The first-order valence-corrected chi connectivity index (χ1v) is 8.01. The van der Waals surface area contributed by atoms with Crippen molar-refractivity contribution in [3.05, 3.63) is 62.0 Å². The molecule has 8 heteroatoms. The normalized spacial score (nSPS) is 17.3. The van der Waals surface area contributed by atoms with E-state index < -0.39 is 17.1 Å². The third kappa shape index (κ3) is 3.61. The van der Waals surface area contributed by atoms with Gasteiger partial charge in [-0.3, -0.25) is 14.3 Å². The van der Waals surface area contributed by atoms with Crippen LogP contribution in [-0.2, 0) is 6.54 Å². The van der Waals surface area contributed by atoms with Crippen molar-refractivity contribution in [3.8, 4) is 6.07 Å². The first-order valence-electron chi connectivity index (χ1n) is 8.01. The van der Waals surface area contributed by atoms with E-state index in [0.717, 1.165) is 36.1 Å². The number of hydrogen-bond acceptors (Lipinski definition) is 5. The van der Waals surface area contributed by atoms with Crippen molar-refractivity contribution < 1.29 is 4.39 Å². The molecule has 3 N–H and O–H groups in total. The molecule has 0 spiro atoms. The van der Waals surface area contributed by atoms with Crippen LogP contribution in [0.2, 0.25) is 0 Å². The van der Waals surface area contributed by atoms with Crippen LogP contribution in [0.15, 0.2) is 33.9 Å². The molecule has 1 aliphatic heterocycles. The van der Waals surface area contributed by atoms with E-state index in [9.17, 15) is 14.0 Å². The largest absolute Gasteiger partial charge is 0.356 e. The molecule has 0 bridgehead atoms. The highest BCUT2D eigenvalue weighted by Gasteiger charge is 2.19. The third-order valence-corrected chi connectivity index (χ3v) is 4.32. The van der Waals surface area contributed by atoms with Crippen molar-refractivity contribution in [2.24, 2.45) is 5.73 Å². The van der Waals surface area contributed by atoms with Crippen molar-refractivity contribution in [1.82, 2.24) is 9.55 Å². The lowest BCUT2D eigenvalue weighted by Crippen LogP contribution is -2.45. The number of rotatable bonds is 3. The Morgan fingerprint density at radius 2 is 2.16 bits per heavy atom. The van der Waals surface area contributed by atoms with Gasteiger partial charge in [-0.1, -0.05) is 0 Å². The van der Waals surface area contributed by atoms with Gasteiger partial charge in [-0.05, 0) is 36.6 Å². The van der Waals surface area contributed by atoms with Crippen LogP contribution in [0.4, 0.5) is 10.2 Å². The van der Waals surface area contributed by atoms with Gasteiger partial charge < -0.3 is 10.6 Å². The van der Waals surface area contributed by atoms with Gasteiger partial charge in [-0.2, -0.15) is 5.26 Å². The summed E-state index contributed by atoms with van der Waals surface area (Å²) in [6, 6.07) is 6.92. The van der Waals surface area contributed by atoms with Gasteiger partial charge in [0.1, 0.15) is 11.6 Å². The molecule has 2 heterocycles. The molecule has 7 nitrogen and oxygen atoms in total. The monoisotopic (exact) mass is 343 g/mol. The lowest BCUT2D eigenvalue weighted by atomic mass is 10.1. The molecule has 0 radical (unpaired) electrons. The summed E-state index contributed by atoms with van der Waals surface area (Å²) in [4.78, 5) is 29.3. The maximum atomic E-state index is 13.4. The fourth-order valence-electron chi connectivity index (χ4n) is 3.03. The Balaban J connectivity index is 1.94. The van der Waals surface area contributed by atoms with Gasteiger partial charge >= 0.3 is 5.69 Å². The summed E-state index contributed by atoms with van der Waals surface area (Å²) in [6.45, 7) is 1.12. The predicted octanol–water partition coefficient (Wildman–Crippen LogP) is 0.523. The second-order valence-electron chi connectivity index (χ2n) is 6.15. The van der Waals surface area contributed by atoms with Crippen LogP contribution in [0.1, 0.15) is 24.0 Å². The summed E-state index contributed by atoms with van der Waals surface area (Å²) in [5.74, 6) is -0.0986. The standard InChI is InChI=1S/C17H18FN5O2/c18-13-4-3-11(8-19)12(6-13)9-23-16(24)7-15(21-17(23)25)22-5-1-2-14(20)10-22/h3-4,6-7,14H,1-2,5,9-10,20H2,(H,21,25)/t14-/m0/s1. The molecular formula is C17H18FN5O2. The topological polar surface area (TPSA) is 108 Å². The number of nitriles is 1. The molecular weight excluding hydrogens is 325 g/mol. The molecule has 0 saturated carbocycles. The highest BCUT2D eigenvalue weighted by atomic mass is 19.1. The molecule has 3 rings (SSSR count). The van der Waals surface area contributed by atoms with Gasteiger partial charge in [-0.25, -0.2) is 9.18 Å².